The zero-order valence-corrected chi connectivity index (χ0v) is 18.9. The van der Waals surface area contributed by atoms with Crippen molar-refractivity contribution in [1.29, 1.82) is 0 Å². The van der Waals surface area contributed by atoms with Crippen LogP contribution < -0.4 is 10.9 Å². The van der Waals surface area contributed by atoms with E-state index in [4.69, 9.17) is 0 Å². The molecule has 4 aromatic rings. The van der Waals surface area contributed by atoms with Crippen LogP contribution in [0.2, 0.25) is 0 Å². The summed E-state index contributed by atoms with van der Waals surface area (Å²) in [6.45, 7) is 0.404. The summed E-state index contributed by atoms with van der Waals surface area (Å²) in [4.78, 5) is 30.7. The molecule has 5 nitrogen and oxygen atoms in total. The van der Waals surface area contributed by atoms with Gasteiger partial charge in [-0.1, -0.05) is 66.0 Å². The zero-order chi connectivity index (χ0) is 23.2. The number of fused-ring (bicyclic) bond motifs is 1. The Morgan fingerprint density at radius 2 is 1.67 bits per heavy atom. The second kappa shape index (κ2) is 10.6. The quantitative estimate of drug-likeness (QED) is 0.279. The highest BCUT2D eigenvalue weighted by molar-refractivity contribution is 8.00. The van der Waals surface area contributed by atoms with Crippen molar-refractivity contribution in [1.82, 2.24) is 14.9 Å². The Bertz CT molecular complexity index is 1310. The summed E-state index contributed by atoms with van der Waals surface area (Å²) < 4.78 is 26.7. The molecule has 168 valence electrons. The maximum Gasteiger partial charge on any atom is 0.288 e. The summed E-state index contributed by atoms with van der Waals surface area (Å²) in [7, 11) is 0. The Morgan fingerprint density at radius 1 is 0.970 bits per heavy atom. The monoisotopic (exact) mass is 483 g/mol. The molecule has 1 aromatic heterocycles. The number of rotatable bonds is 8. The predicted molar refractivity (Wildman–Crippen MR) is 128 cm³/mol. The third-order valence-electron chi connectivity index (χ3n) is 4.73. The number of nitrogens with zero attached hydrogens (tertiary/aromatic N) is 2. The van der Waals surface area contributed by atoms with Crippen LogP contribution in [-0.4, -0.2) is 27.0 Å². The first-order chi connectivity index (χ1) is 16.0. The molecular weight excluding hydrogens is 464 g/mol. The van der Waals surface area contributed by atoms with Crippen LogP contribution in [0, 0.1) is 0 Å². The van der Waals surface area contributed by atoms with Crippen LogP contribution in [-0.2, 0) is 11.3 Å². The number of carbonyl (C=O) groups excluding carboxylic acids is 1. The van der Waals surface area contributed by atoms with Crippen LogP contribution >= 0.6 is 23.5 Å². The topological polar surface area (TPSA) is 64.0 Å². The Balaban J connectivity index is 1.60. The molecule has 1 amide bonds. The van der Waals surface area contributed by atoms with Gasteiger partial charge in [0.05, 0.1) is 22.3 Å². The van der Waals surface area contributed by atoms with Crippen molar-refractivity contribution < 1.29 is 13.6 Å². The molecule has 9 heteroatoms. The third-order valence-corrected chi connectivity index (χ3v) is 6.39. The fourth-order valence-corrected chi connectivity index (χ4v) is 4.53. The molecule has 0 bridgehead atoms. The van der Waals surface area contributed by atoms with E-state index >= 15 is 0 Å². The number of nitrogens with one attached hydrogen (secondary N) is 1. The van der Waals surface area contributed by atoms with E-state index in [1.54, 1.807) is 36.4 Å². The lowest BCUT2D eigenvalue weighted by atomic mass is 10.2. The van der Waals surface area contributed by atoms with Gasteiger partial charge >= 0.3 is 0 Å². The minimum atomic E-state index is -2.53. The van der Waals surface area contributed by atoms with Crippen LogP contribution in [0.3, 0.4) is 0 Å². The van der Waals surface area contributed by atoms with Crippen molar-refractivity contribution >= 4 is 40.3 Å². The van der Waals surface area contributed by atoms with Crippen molar-refractivity contribution in [3.8, 4) is 5.69 Å². The molecule has 0 saturated heterocycles. The SMILES string of the molecule is O=C(CSc1nc2ccccc2c(=O)n1-c1ccc(SC(F)F)cc1)NCc1ccccc1. The number of hydrogen-bond donors (Lipinski definition) is 1. The molecule has 0 radical (unpaired) electrons. The average molecular weight is 484 g/mol. The standard InChI is InChI=1S/C24H19F2N3O2S2/c25-23(26)33-18-12-10-17(11-13-18)29-22(31)19-8-4-5-9-20(19)28-24(29)32-15-21(30)27-14-16-6-2-1-3-7-16/h1-13,23H,14-15H2,(H,27,30). The van der Waals surface area contributed by atoms with Crippen LogP contribution in [0.5, 0.6) is 0 Å². The Hall–Kier alpha value is -3.17. The fourth-order valence-electron chi connectivity index (χ4n) is 3.19. The summed E-state index contributed by atoms with van der Waals surface area (Å²) in [6, 6.07) is 22.8. The second-order valence-electron chi connectivity index (χ2n) is 6.98. The molecule has 3 aromatic carbocycles. The van der Waals surface area contributed by atoms with Gasteiger partial charge in [-0.05, 0) is 42.0 Å². The minimum Gasteiger partial charge on any atom is -0.351 e. The van der Waals surface area contributed by atoms with E-state index in [0.717, 1.165) is 17.3 Å². The van der Waals surface area contributed by atoms with Crippen LogP contribution in [0.1, 0.15) is 5.56 Å². The third kappa shape index (κ3) is 5.80. The van der Waals surface area contributed by atoms with Gasteiger partial charge in [0, 0.05) is 11.4 Å². The van der Waals surface area contributed by atoms with E-state index in [-0.39, 0.29) is 17.2 Å². The summed E-state index contributed by atoms with van der Waals surface area (Å²) in [5, 5.41) is 3.64. The Kier molecular flexibility index (Phi) is 7.41. The first-order valence-electron chi connectivity index (χ1n) is 10.0. The molecule has 0 aliphatic carbocycles. The first-order valence-corrected chi connectivity index (χ1v) is 11.9. The molecule has 33 heavy (non-hydrogen) atoms. The van der Waals surface area contributed by atoms with E-state index in [1.165, 1.54) is 16.7 Å². The summed E-state index contributed by atoms with van der Waals surface area (Å²) in [5.41, 5.74) is 1.71. The summed E-state index contributed by atoms with van der Waals surface area (Å²) in [6.07, 6.45) is 0. The maximum absolute atomic E-state index is 13.3. The Morgan fingerprint density at radius 3 is 2.39 bits per heavy atom. The van der Waals surface area contributed by atoms with Gasteiger partial charge in [-0.15, -0.1) is 0 Å². The molecular formula is C24H19F2N3O2S2. The highest BCUT2D eigenvalue weighted by Crippen LogP contribution is 2.27. The summed E-state index contributed by atoms with van der Waals surface area (Å²) >= 11 is 1.58. The van der Waals surface area contributed by atoms with Gasteiger partial charge in [0.15, 0.2) is 5.16 Å². The van der Waals surface area contributed by atoms with E-state index in [9.17, 15) is 18.4 Å². The number of halogens is 2. The lowest BCUT2D eigenvalue weighted by molar-refractivity contribution is -0.118. The first kappa shape index (κ1) is 23.0. The molecule has 0 fully saturated rings. The number of carbonyl (C=O) groups is 1. The lowest BCUT2D eigenvalue weighted by Crippen LogP contribution is -2.26. The largest absolute Gasteiger partial charge is 0.351 e. The second-order valence-corrected chi connectivity index (χ2v) is 8.98. The van der Waals surface area contributed by atoms with Gasteiger partial charge in [-0.2, -0.15) is 8.78 Å². The highest BCUT2D eigenvalue weighted by atomic mass is 32.2. The van der Waals surface area contributed by atoms with Crippen LogP contribution in [0.4, 0.5) is 8.78 Å². The van der Waals surface area contributed by atoms with Gasteiger partial charge in [-0.25, -0.2) is 4.98 Å². The highest BCUT2D eigenvalue weighted by Gasteiger charge is 2.15. The minimum absolute atomic E-state index is 0.0664. The molecule has 1 heterocycles. The summed E-state index contributed by atoms with van der Waals surface area (Å²) in [5.74, 6) is -2.65. The van der Waals surface area contributed by atoms with Crippen molar-refractivity contribution in [2.75, 3.05) is 5.75 Å². The lowest BCUT2D eigenvalue weighted by Gasteiger charge is -2.14. The smallest absolute Gasteiger partial charge is 0.288 e. The molecule has 0 aliphatic rings. The van der Waals surface area contributed by atoms with E-state index in [0.29, 0.717) is 44.9 Å². The fraction of sp³-hybridized carbons (Fsp3) is 0.125. The van der Waals surface area contributed by atoms with Gasteiger partial charge in [-0.3, -0.25) is 14.2 Å². The molecule has 0 unspecified atom stereocenters. The van der Waals surface area contributed by atoms with Crippen LogP contribution in [0.15, 0.2) is 93.7 Å². The molecule has 0 aliphatic heterocycles. The van der Waals surface area contributed by atoms with Gasteiger partial charge < -0.3 is 5.32 Å². The number of thioether (sulfide) groups is 2. The number of aromatic nitrogens is 2. The molecule has 1 N–H and O–H groups in total. The van der Waals surface area contributed by atoms with Gasteiger partial charge in [0.1, 0.15) is 0 Å². The normalized spacial score (nSPS) is 11.1. The molecule has 0 saturated carbocycles. The van der Waals surface area contributed by atoms with E-state index in [2.05, 4.69) is 10.3 Å². The van der Waals surface area contributed by atoms with E-state index < -0.39 is 5.76 Å². The zero-order valence-electron chi connectivity index (χ0n) is 17.3. The predicted octanol–water partition coefficient (Wildman–Crippen LogP) is 5.11. The number of benzene rings is 3. The molecule has 4 rings (SSSR count). The number of alkyl halides is 2. The maximum atomic E-state index is 13.3. The van der Waals surface area contributed by atoms with Crippen LogP contribution in [0.25, 0.3) is 16.6 Å². The molecule has 0 spiro atoms. The number of para-hydroxylation sites is 1. The van der Waals surface area contributed by atoms with Crippen molar-refractivity contribution in [3.05, 3.63) is 94.8 Å². The Labute approximate surface area is 197 Å². The van der Waals surface area contributed by atoms with Crippen molar-refractivity contribution in [3.63, 3.8) is 0 Å². The number of hydrogen-bond acceptors (Lipinski definition) is 5. The number of amides is 1. The van der Waals surface area contributed by atoms with Gasteiger partial charge in [0.25, 0.3) is 11.3 Å². The van der Waals surface area contributed by atoms with Gasteiger partial charge in [0.2, 0.25) is 5.91 Å². The van der Waals surface area contributed by atoms with Crippen molar-refractivity contribution in [2.24, 2.45) is 0 Å². The molecule has 0 atom stereocenters. The van der Waals surface area contributed by atoms with Crippen molar-refractivity contribution in [2.45, 2.75) is 22.4 Å². The average Bonchev–Trinajstić information content (AvgIpc) is 2.82. The van der Waals surface area contributed by atoms with E-state index in [1.807, 2.05) is 30.3 Å².